The Kier molecular flexibility index (Phi) is 5.03. The lowest BCUT2D eigenvalue weighted by molar-refractivity contribution is -0.123. The Morgan fingerprint density at radius 3 is 2.39 bits per heavy atom. The molecule has 0 aliphatic heterocycles. The normalized spacial score (nSPS) is 11.3. The first kappa shape index (κ1) is 16.2. The predicted molar refractivity (Wildman–Crippen MR) is 82.7 cm³/mol. The average molecular weight is 313 g/mol. The van der Waals surface area contributed by atoms with Gasteiger partial charge in [-0.2, -0.15) is 0 Å². The molecular weight excluding hydrogens is 298 g/mol. The first-order valence-electron chi connectivity index (χ1n) is 6.79. The van der Waals surface area contributed by atoms with Gasteiger partial charge in [-0.05, 0) is 43.3 Å². The number of rotatable bonds is 5. The van der Waals surface area contributed by atoms with E-state index in [4.69, 9.17) is 10.5 Å². The third kappa shape index (κ3) is 4.37. The highest BCUT2D eigenvalue weighted by atomic mass is 16.5. The summed E-state index contributed by atoms with van der Waals surface area (Å²) in [4.78, 5) is 38.6. The number of primary amides is 1. The van der Waals surface area contributed by atoms with Crippen molar-refractivity contribution in [3.63, 3.8) is 0 Å². The van der Waals surface area contributed by atoms with Gasteiger partial charge in [-0.1, -0.05) is 0 Å². The quantitative estimate of drug-likeness (QED) is 0.810. The van der Waals surface area contributed by atoms with E-state index < -0.39 is 23.9 Å². The summed E-state index contributed by atoms with van der Waals surface area (Å²) in [7, 11) is 0. The van der Waals surface area contributed by atoms with Gasteiger partial charge in [0.2, 0.25) is 5.91 Å². The first-order chi connectivity index (χ1) is 11.0. The van der Waals surface area contributed by atoms with E-state index in [1.807, 2.05) is 0 Å². The van der Waals surface area contributed by atoms with Crippen molar-refractivity contribution in [1.82, 2.24) is 4.98 Å². The minimum Gasteiger partial charge on any atom is -0.449 e. The van der Waals surface area contributed by atoms with Crippen LogP contribution in [0.3, 0.4) is 0 Å². The number of carbonyl (C=O) groups is 3. The SMILES string of the molecule is C[C@@H](OC(=O)c1cccnc1)C(=O)Nc1ccc(C(N)=O)cc1. The lowest BCUT2D eigenvalue weighted by atomic mass is 10.2. The summed E-state index contributed by atoms with van der Waals surface area (Å²) in [5.41, 5.74) is 6.19. The fourth-order valence-corrected chi connectivity index (χ4v) is 1.73. The van der Waals surface area contributed by atoms with Crippen molar-refractivity contribution in [3.05, 3.63) is 59.9 Å². The van der Waals surface area contributed by atoms with Crippen LogP contribution in [0.5, 0.6) is 0 Å². The van der Waals surface area contributed by atoms with Gasteiger partial charge in [-0.3, -0.25) is 14.6 Å². The second-order valence-corrected chi connectivity index (χ2v) is 4.72. The van der Waals surface area contributed by atoms with Gasteiger partial charge in [0.05, 0.1) is 5.56 Å². The maximum absolute atomic E-state index is 12.0. The predicted octanol–water partition coefficient (Wildman–Crippen LogP) is 1.36. The molecule has 2 rings (SSSR count). The van der Waals surface area contributed by atoms with Crippen molar-refractivity contribution >= 4 is 23.5 Å². The molecule has 3 N–H and O–H groups in total. The van der Waals surface area contributed by atoms with Gasteiger partial charge in [-0.25, -0.2) is 4.79 Å². The molecule has 1 aromatic heterocycles. The van der Waals surface area contributed by atoms with Gasteiger partial charge in [-0.15, -0.1) is 0 Å². The van der Waals surface area contributed by atoms with E-state index in [9.17, 15) is 14.4 Å². The topological polar surface area (TPSA) is 111 Å². The van der Waals surface area contributed by atoms with E-state index in [1.54, 1.807) is 12.1 Å². The molecule has 2 aromatic rings. The first-order valence-corrected chi connectivity index (χ1v) is 6.79. The van der Waals surface area contributed by atoms with Crippen LogP contribution >= 0.6 is 0 Å². The molecule has 0 saturated carbocycles. The summed E-state index contributed by atoms with van der Waals surface area (Å²) in [5, 5.41) is 2.58. The summed E-state index contributed by atoms with van der Waals surface area (Å²) in [6.45, 7) is 1.46. The number of anilines is 1. The number of aromatic nitrogens is 1. The van der Waals surface area contributed by atoms with Gasteiger partial charge in [0.25, 0.3) is 5.91 Å². The third-order valence-electron chi connectivity index (χ3n) is 2.99. The van der Waals surface area contributed by atoms with Crippen molar-refractivity contribution in [2.45, 2.75) is 13.0 Å². The largest absolute Gasteiger partial charge is 0.449 e. The number of pyridine rings is 1. The minimum absolute atomic E-state index is 0.262. The second kappa shape index (κ2) is 7.17. The maximum Gasteiger partial charge on any atom is 0.340 e. The van der Waals surface area contributed by atoms with Crippen molar-refractivity contribution < 1.29 is 19.1 Å². The van der Waals surface area contributed by atoms with Crippen molar-refractivity contribution in [1.29, 1.82) is 0 Å². The van der Waals surface area contributed by atoms with E-state index >= 15 is 0 Å². The van der Waals surface area contributed by atoms with Crippen LogP contribution in [0.1, 0.15) is 27.6 Å². The lowest BCUT2D eigenvalue weighted by Gasteiger charge is -2.13. The molecule has 0 radical (unpaired) electrons. The molecule has 2 amide bonds. The molecule has 0 aliphatic carbocycles. The van der Waals surface area contributed by atoms with Crippen LogP contribution in [0, 0.1) is 0 Å². The molecule has 0 saturated heterocycles. The Hall–Kier alpha value is -3.22. The number of nitrogens with two attached hydrogens (primary N) is 1. The van der Waals surface area contributed by atoms with Crippen LogP contribution in [0.25, 0.3) is 0 Å². The van der Waals surface area contributed by atoms with Gasteiger partial charge in [0.15, 0.2) is 6.10 Å². The Bertz CT molecular complexity index is 714. The van der Waals surface area contributed by atoms with E-state index in [0.29, 0.717) is 11.3 Å². The molecule has 7 heteroatoms. The molecule has 118 valence electrons. The molecule has 1 atom stereocenters. The Morgan fingerprint density at radius 1 is 1.13 bits per heavy atom. The van der Waals surface area contributed by atoms with Gasteiger partial charge in [0, 0.05) is 23.6 Å². The maximum atomic E-state index is 12.0. The summed E-state index contributed by atoms with van der Waals surface area (Å²) in [6.07, 6.45) is 1.90. The van der Waals surface area contributed by atoms with Gasteiger partial charge < -0.3 is 15.8 Å². The van der Waals surface area contributed by atoms with Crippen LogP contribution in [-0.2, 0) is 9.53 Å². The molecule has 0 spiro atoms. The fourth-order valence-electron chi connectivity index (χ4n) is 1.73. The summed E-state index contributed by atoms with van der Waals surface area (Å²) >= 11 is 0. The molecular formula is C16H15N3O4. The Morgan fingerprint density at radius 2 is 1.83 bits per heavy atom. The summed E-state index contributed by atoms with van der Waals surface area (Å²) in [5.74, 6) is -1.68. The fraction of sp³-hybridized carbons (Fsp3) is 0.125. The van der Waals surface area contributed by atoms with Crippen molar-refractivity contribution in [2.75, 3.05) is 5.32 Å². The number of carbonyl (C=O) groups excluding carboxylic acids is 3. The monoisotopic (exact) mass is 313 g/mol. The number of hydrogen-bond donors (Lipinski definition) is 2. The number of esters is 1. The van der Waals surface area contributed by atoms with E-state index in [1.165, 1.54) is 43.6 Å². The molecule has 0 unspecified atom stereocenters. The van der Waals surface area contributed by atoms with Crippen LogP contribution in [0.15, 0.2) is 48.8 Å². The minimum atomic E-state index is -0.987. The zero-order valence-corrected chi connectivity index (χ0v) is 12.4. The number of nitrogens with zero attached hydrogens (tertiary/aromatic N) is 1. The number of nitrogens with one attached hydrogen (secondary N) is 1. The zero-order valence-electron chi connectivity index (χ0n) is 12.4. The van der Waals surface area contributed by atoms with Crippen molar-refractivity contribution in [3.8, 4) is 0 Å². The molecule has 7 nitrogen and oxygen atoms in total. The second-order valence-electron chi connectivity index (χ2n) is 4.72. The highest BCUT2D eigenvalue weighted by Gasteiger charge is 2.19. The zero-order chi connectivity index (χ0) is 16.8. The van der Waals surface area contributed by atoms with Crippen molar-refractivity contribution in [2.24, 2.45) is 5.73 Å². The number of ether oxygens (including phenoxy) is 1. The van der Waals surface area contributed by atoms with Crippen LogP contribution in [0.2, 0.25) is 0 Å². The highest BCUT2D eigenvalue weighted by molar-refractivity contribution is 5.98. The van der Waals surface area contributed by atoms with Gasteiger partial charge >= 0.3 is 5.97 Å². The molecule has 1 aromatic carbocycles. The number of hydrogen-bond acceptors (Lipinski definition) is 5. The van der Waals surface area contributed by atoms with Crippen LogP contribution < -0.4 is 11.1 Å². The number of amides is 2. The molecule has 0 fully saturated rings. The van der Waals surface area contributed by atoms with E-state index in [-0.39, 0.29) is 5.56 Å². The number of benzene rings is 1. The van der Waals surface area contributed by atoms with Crippen LogP contribution in [0.4, 0.5) is 5.69 Å². The highest BCUT2D eigenvalue weighted by Crippen LogP contribution is 2.11. The smallest absolute Gasteiger partial charge is 0.340 e. The third-order valence-corrected chi connectivity index (χ3v) is 2.99. The molecule has 1 heterocycles. The van der Waals surface area contributed by atoms with E-state index in [0.717, 1.165) is 0 Å². The average Bonchev–Trinajstić information content (AvgIpc) is 2.56. The molecule has 0 aliphatic rings. The molecule has 23 heavy (non-hydrogen) atoms. The van der Waals surface area contributed by atoms with Gasteiger partial charge in [0.1, 0.15) is 0 Å². The van der Waals surface area contributed by atoms with E-state index in [2.05, 4.69) is 10.3 Å². The summed E-state index contributed by atoms with van der Waals surface area (Å²) in [6, 6.07) is 9.19. The lowest BCUT2D eigenvalue weighted by Crippen LogP contribution is -2.30. The summed E-state index contributed by atoms with van der Waals surface area (Å²) < 4.78 is 5.07. The Labute approximate surface area is 132 Å². The molecule has 0 bridgehead atoms. The van der Waals surface area contributed by atoms with Crippen LogP contribution in [-0.4, -0.2) is 28.9 Å². The Balaban J connectivity index is 1.94. The standard InChI is InChI=1S/C16H15N3O4/c1-10(23-16(22)12-3-2-8-18-9-12)15(21)19-13-6-4-11(5-7-13)14(17)20/h2-10H,1H3,(H2,17,20)(H,19,21)/t10-/m1/s1.